The molecular weight excluding hydrogens is 248 g/mol. The van der Waals surface area contributed by atoms with Crippen LogP contribution in [0.2, 0.25) is 0 Å². The molecule has 18 heavy (non-hydrogen) atoms. The van der Waals surface area contributed by atoms with Gasteiger partial charge in [-0.05, 0) is 31.5 Å². The maximum absolute atomic E-state index is 11.0. The quantitative estimate of drug-likeness (QED) is 0.858. The molecule has 0 aliphatic rings. The summed E-state index contributed by atoms with van der Waals surface area (Å²) in [5.74, 6) is 0.513. The third-order valence-corrected chi connectivity index (χ3v) is 4.76. The summed E-state index contributed by atoms with van der Waals surface area (Å²) in [5, 5.41) is 9.05. The van der Waals surface area contributed by atoms with Gasteiger partial charge in [-0.2, -0.15) is 11.8 Å². The summed E-state index contributed by atoms with van der Waals surface area (Å²) < 4.78 is 4.81. The predicted molar refractivity (Wildman–Crippen MR) is 75.2 cm³/mol. The molecule has 0 spiro atoms. The van der Waals surface area contributed by atoms with Crippen molar-refractivity contribution in [1.82, 2.24) is 0 Å². The Morgan fingerprint density at radius 1 is 1.39 bits per heavy atom. The second-order valence-corrected chi connectivity index (χ2v) is 6.43. The van der Waals surface area contributed by atoms with Crippen LogP contribution in [0.15, 0.2) is 24.3 Å². The lowest BCUT2D eigenvalue weighted by atomic mass is 9.97. The normalized spacial score (nSPS) is 13.1. The van der Waals surface area contributed by atoms with Crippen molar-refractivity contribution < 1.29 is 14.6 Å². The van der Waals surface area contributed by atoms with Crippen LogP contribution in [-0.4, -0.2) is 22.9 Å². The number of rotatable bonds is 6. The van der Waals surface area contributed by atoms with Crippen LogP contribution in [-0.2, 0) is 10.5 Å². The fourth-order valence-electron chi connectivity index (χ4n) is 1.41. The Hall–Kier alpha value is -1.16. The number of ether oxygens (including phenoxy) is 1. The van der Waals surface area contributed by atoms with Gasteiger partial charge < -0.3 is 9.84 Å². The molecule has 0 bridgehead atoms. The molecule has 1 N–H and O–H groups in total. The molecule has 0 amide bonds. The van der Waals surface area contributed by atoms with Crippen molar-refractivity contribution in [3.8, 4) is 5.75 Å². The largest absolute Gasteiger partial charge is 0.497 e. The number of hydrogen-bond acceptors (Lipinski definition) is 3. The molecule has 0 saturated heterocycles. The van der Waals surface area contributed by atoms with Crippen molar-refractivity contribution in [3.63, 3.8) is 0 Å². The van der Waals surface area contributed by atoms with E-state index in [9.17, 15) is 4.79 Å². The minimum absolute atomic E-state index is 0.286. The number of carboxylic acids is 1. The molecule has 0 saturated carbocycles. The van der Waals surface area contributed by atoms with Gasteiger partial charge >= 0.3 is 5.97 Å². The van der Waals surface area contributed by atoms with Crippen molar-refractivity contribution in [3.05, 3.63) is 29.8 Å². The number of benzene rings is 1. The highest BCUT2D eigenvalue weighted by Crippen LogP contribution is 2.35. The molecule has 0 heterocycles. The van der Waals surface area contributed by atoms with E-state index in [1.165, 1.54) is 5.56 Å². The van der Waals surface area contributed by atoms with Crippen LogP contribution in [0.4, 0.5) is 0 Å². The van der Waals surface area contributed by atoms with Crippen LogP contribution >= 0.6 is 11.8 Å². The number of aliphatic carboxylic acids is 1. The monoisotopic (exact) mass is 268 g/mol. The van der Waals surface area contributed by atoms with Crippen molar-refractivity contribution in [2.45, 2.75) is 31.3 Å². The summed E-state index contributed by atoms with van der Waals surface area (Å²) in [7, 11) is 1.64. The van der Waals surface area contributed by atoms with Gasteiger partial charge in [0.05, 0.1) is 13.0 Å². The molecule has 0 aromatic heterocycles. The molecule has 1 rings (SSSR count). The van der Waals surface area contributed by atoms with Gasteiger partial charge in [0.1, 0.15) is 5.75 Å². The van der Waals surface area contributed by atoms with Crippen LogP contribution in [0, 0.1) is 5.92 Å². The highest BCUT2D eigenvalue weighted by molar-refractivity contribution is 7.99. The molecule has 0 aliphatic heterocycles. The zero-order valence-electron chi connectivity index (χ0n) is 11.3. The van der Waals surface area contributed by atoms with E-state index in [1.54, 1.807) is 25.8 Å². The Morgan fingerprint density at radius 2 is 1.94 bits per heavy atom. The van der Waals surface area contributed by atoms with E-state index in [0.29, 0.717) is 0 Å². The van der Waals surface area contributed by atoms with Gasteiger partial charge in [0, 0.05) is 10.5 Å². The van der Waals surface area contributed by atoms with Crippen LogP contribution in [0.3, 0.4) is 0 Å². The van der Waals surface area contributed by atoms with Gasteiger partial charge in [-0.1, -0.05) is 19.1 Å². The van der Waals surface area contributed by atoms with E-state index in [4.69, 9.17) is 9.84 Å². The van der Waals surface area contributed by atoms with Gasteiger partial charge in [-0.25, -0.2) is 0 Å². The lowest BCUT2D eigenvalue weighted by molar-refractivity contribution is -0.141. The molecule has 1 atom stereocenters. The average Bonchev–Trinajstić information content (AvgIpc) is 2.36. The maximum atomic E-state index is 11.0. The zero-order chi connectivity index (χ0) is 13.8. The van der Waals surface area contributed by atoms with Gasteiger partial charge in [0.25, 0.3) is 0 Å². The van der Waals surface area contributed by atoms with Crippen molar-refractivity contribution >= 4 is 17.7 Å². The molecular formula is C14H20O3S. The molecule has 100 valence electrons. The topological polar surface area (TPSA) is 46.5 Å². The summed E-state index contributed by atoms with van der Waals surface area (Å²) in [6.45, 7) is 5.70. The Kier molecular flexibility index (Phi) is 5.08. The predicted octanol–water partition coefficient (Wildman–Crippen LogP) is 3.43. The third kappa shape index (κ3) is 3.95. The van der Waals surface area contributed by atoms with Crippen molar-refractivity contribution in [2.75, 3.05) is 7.11 Å². The van der Waals surface area contributed by atoms with E-state index in [-0.39, 0.29) is 10.7 Å². The summed E-state index contributed by atoms with van der Waals surface area (Å²) in [6, 6.07) is 7.85. The Morgan fingerprint density at radius 3 is 2.39 bits per heavy atom. The maximum Gasteiger partial charge on any atom is 0.307 e. The van der Waals surface area contributed by atoms with E-state index in [0.717, 1.165) is 11.5 Å². The molecule has 0 fully saturated rings. The van der Waals surface area contributed by atoms with Crippen LogP contribution < -0.4 is 4.74 Å². The smallest absolute Gasteiger partial charge is 0.307 e. The molecule has 3 nitrogen and oxygen atoms in total. The standard InChI is InChI=1S/C14H20O3S/c1-10(13(15)16)14(2,3)18-9-11-5-7-12(17-4)8-6-11/h5-8,10H,9H2,1-4H3,(H,15,16)/t10-/m1/s1. The lowest BCUT2D eigenvalue weighted by Crippen LogP contribution is -2.31. The Bertz CT molecular complexity index is 398. The summed E-state index contributed by atoms with van der Waals surface area (Å²) >= 11 is 1.66. The Balaban J connectivity index is 2.60. The molecule has 0 aliphatic carbocycles. The van der Waals surface area contributed by atoms with Gasteiger partial charge in [-0.15, -0.1) is 0 Å². The third-order valence-electron chi connectivity index (χ3n) is 3.18. The number of carbonyl (C=O) groups is 1. The number of hydrogen-bond donors (Lipinski definition) is 1. The highest BCUT2D eigenvalue weighted by atomic mass is 32.2. The van der Waals surface area contributed by atoms with E-state index >= 15 is 0 Å². The van der Waals surface area contributed by atoms with Crippen LogP contribution in [0.1, 0.15) is 26.3 Å². The molecule has 1 aromatic carbocycles. The number of carboxylic acid groups (broad SMARTS) is 1. The first-order valence-corrected chi connectivity index (χ1v) is 6.85. The van der Waals surface area contributed by atoms with E-state index in [2.05, 4.69) is 0 Å². The molecule has 4 heteroatoms. The second kappa shape index (κ2) is 6.14. The number of methoxy groups -OCH3 is 1. The fourth-order valence-corrected chi connectivity index (χ4v) is 2.50. The Labute approximate surface area is 113 Å². The lowest BCUT2D eigenvalue weighted by Gasteiger charge is -2.28. The first-order valence-electron chi connectivity index (χ1n) is 5.86. The van der Waals surface area contributed by atoms with Crippen LogP contribution in [0.5, 0.6) is 5.75 Å². The molecule has 0 radical (unpaired) electrons. The van der Waals surface area contributed by atoms with Gasteiger partial charge in [0.2, 0.25) is 0 Å². The average molecular weight is 268 g/mol. The van der Waals surface area contributed by atoms with Gasteiger partial charge in [0.15, 0.2) is 0 Å². The highest BCUT2D eigenvalue weighted by Gasteiger charge is 2.31. The van der Waals surface area contributed by atoms with Gasteiger partial charge in [-0.3, -0.25) is 4.79 Å². The fraction of sp³-hybridized carbons (Fsp3) is 0.500. The zero-order valence-corrected chi connectivity index (χ0v) is 12.1. The first kappa shape index (κ1) is 14.9. The summed E-state index contributed by atoms with van der Waals surface area (Å²) in [4.78, 5) is 11.0. The minimum Gasteiger partial charge on any atom is -0.497 e. The summed E-state index contributed by atoms with van der Waals surface area (Å²) in [6.07, 6.45) is 0. The minimum atomic E-state index is -0.748. The first-order chi connectivity index (χ1) is 8.36. The SMILES string of the molecule is COc1ccc(CSC(C)(C)[C@H](C)C(=O)O)cc1. The summed E-state index contributed by atoms with van der Waals surface area (Å²) in [5.41, 5.74) is 1.17. The van der Waals surface area contributed by atoms with Crippen LogP contribution in [0.25, 0.3) is 0 Å². The molecule has 1 aromatic rings. The van der Waals surface area contributed by atoms with E-state index < -0.39 is 5.97 Å². The molecule has 0 unspecified atom stereocenters. The van der Waals surface area contributed by atoms with E-state index in [1.807, 2.05) is 38.1 Å². The number of thioether (sulfide) groups is 1. The van der Waals surface area contributed by atoms with Crippen molar-refractivity contribution in [2.24, 2.45) is 5.92 Å². The second-order valence-electron chi connectivity index (χ2n) is 4.80. The van der Waals surface area contributed by atoms with Crippen molar-refractivity contribution in [1.29, 1.82) is 0 Å².